The smallest absolute Gasteiger partial charge is 0.490 e. The lowest BCUT2D eigenvalue weighted by Crippen LogP contribution is -2.39. The molecule has 15 heteroatoms. The van der Waals surface area contributed by atoms with Crippen molar-refractivity contribution in [1.29, 1.82) is 0 Å². The van der Waals surface area contributed by atoms with Crippen molar-refractivity contribution in [2.75, 3.05) is 0 Å². The van der Waals surface area contributed by atoms with E-state index in [1.165, 1.54) is 0 Å². The Morgan fingerprint density at radius 1 is 1.11 bits per heavy atom. The normalized spacial score (nSPS) is 12.7. The molecule has 0 aliphatic heterocycles. The van der Waals surface area contributed by atoms with Crippen LogP contribution >= 0.6 is 0 Å². The van der Waals surface area contributed by atoms with Gasteiger partial charge in [-0.25, -0.2) is 9.59 Å². The van der Waals surface area contributed by atoms with E-state index in [0.717, 1.165) is 17.8 Å². The Hall–Kier alpha value is -4.01. The zero-order valence-corrected chi connectivity index (χ0v) is 20.1. The first-order valence-electron chi connectivity index (χ1n) is 10.8. The Kier molecular flexibility index (Phi) is 8.88. The minimum absolute atomic E-state index is 0.00628. The molecular formula is C23H23F6N3O6. The number of carboxylic acids is 2. The minimum Gasteiger partial charge on any atom is -0.506 e. The SMILES string of the molecule is CCc1c(-c2ccc3c(c2)cc(CN[C@H](C)C(F)(F)F)n3C)[nH]c(=O)c(C(=O)O)c1O.O=C(O)C(F)(F)F. The van der Waals surface area contributed by atoms with Crippen LogP contribution in [0.2, 0.25) is 0 Å². The number of benzene rings is 1. The highest BCUT2D eigenvalue weighted by Crippen LogP contribution is 2.32. The number of aromatic hydroxyl groups is 1. The molecule has 1 atom stereocenters. The lowest BCUT2D eigenvalue weighted by molar-refractivity contribution is -0.192. The summed E-state index contributed by atoms with van der Waals surface area (Å²) in [6.07, 6.45) is -9.15. The average molecular weight is 551 g/mol. The highest BCUT2D eigenvalue weighted by Gasteiger charge is 2.38. The first kappa shape index (κ1) is 30.2. The largest absolute Gasteiger partial charge is 0.506 e. The number of hydrogen-bond acceptors (Lipinski definition) is 5. The fourth-order valence-electron chi connectivity index (χ4n) is 3.52. The molecule has 0 fully saturated rings. The van der Waals surface area contributed by atoms with Gasteiger partial charge >= 0.3 is 24.3 Å². The number of aromatic carboxylic acids is 1. The standard InChI is InChI=1S/C21H22F3N3O4.C2HF3O2/c1-4-14-17(26-19(29)16(18(14)28)20(30)31)11-5-6-15-12(7-11)8-13(27(15)3)9-25-10(2)21(22,23)24;3-2(4,5)1(6)7/h5-8,10,25H,4,9H2,1-3H3,(H,30,31)(H2,26,28,29);(H,6,7)/t10-;/m1./s1. The number of nitrogens with zero attached hydrogens (tertiary/aromatic N) is 1. The van der Waals surface area contributed by atoms with E-state index in [1.54, 1.807) is 42.8 Å². The number of hydrogen-bond donors (Lipinski definition) is 5. The van der Waals surface area contributed by atoms with Gasteiger partial charge in [0.15, 0.2) is 5.56 Å². The number of aryl methyl sites for hydroxylation is 1. The summed E-state index contributed by atoms with van der Waals surface area (Å²) in [5.41, 5.74) is 0.898. The van der Waals surface area contributed by atoms with Gasteiger partial charge in [0.2, 0.25) is 0 Å². The second-order valence-corrected chi connectivity index (χ2v) is 8.11. The van der Waals surface area contributed by atoms with Crippen LogP contribution in [0.25, 0.3) is 22.2 Å². The van der Waals surface area contributed by atoms with Gasteiger partial charge in [-0.15, -0.1) is 0 Å². The molecule has 38 heavy (non-hydrogen) atoms. The number of aliphatic carboxylic acids is 1. The Balaban J connectivity index is 0.000000638. The molecule has 0 amide bonds. The summed E-state index contributed by atoms with van der Waals surface area (Å²) >= 11 is 0. The summed E-state index contributed by atoms with van der Waals surface area (Å²) in [5.74, 6) is -4.86. The van der Waals surface area contributed by atoms with Crippen LogP contribution < -0.4 is 10.9 Å². The van der Waals surface area contributed by atoms with E-state index in [0.29, 0.717) is 17.0 Å². The summed E-state index contributed by atoms with van der Waals surface area (Å²) < 4.78 is 71.8. The van der Waals surface area contributed by atoms with Crippen LogP contribution in [0.3, 0.4) is 0 Å². The molecule has 208 valence electrons. The van der Waals surface area contributed by atoms with Crippen LogP contribution in [0, 0.1) is 0 Å². The maximum Gasteiger partial charge on any atom is 0.490 e. The predicted molar refractivity (Wildman–Crippen MR) is 123 cm³/mol. The van der Waals surface area contributed by atoms with E-state index in [2.05, 4.69) is 10.3 Å². The third-order valence-electron chi connectivity index (χ3n) is 5.61. The maximum absolute atomic E-state index is 12.8. The quantitative estimate of drug-likeness (QED) is 0.289. The predicted octanol–water partition coefficient (Wildman–Crippen LogP) is 4.17. The molecule has 0 radical (unpaired) electrons. The fourth-order valence-corrected chi connectivity index (χ4v) is 3.52. The Labute approximate surface area is 210 Å². The lowest BCUT2D eigenvalue weighted by atomic mass is 9.99. The number of carboxylic acid groups (broad SMARTS) is 2. The highest BCUT2D eigenvalue weighted by molar-refractivity contribution is 5.92. The number of halogens is 6. The van der Waals surface area contributed by atoms with Gasteiger partial charge in [-0.05, 0) is 37.1 Å². The van der Waals surface area contributed by atoms with Gasteiger partial charge in [-0.3, -0.25) is 4.79 Å². The molecule has 9 nitrogen and oxygen atoms in total. The average Bonchev–Trinajstić information content (AvgIpc) is 3.10. The van der Waals surface area contributed by atoms with Gasteiger partial charge in [-0.1, -0.05) is 13.0 Å². The molecule has 3 rings (SSSR count). The van der Waals surface area contributed by atoms with Crippen molar-refractivity contribution in [2.24, 2.45) is 7.05 Å². The molecule has 0 spiro atoms. The van der Waals surface area contributed by atoms with E-state index in [-0.39, 0.29) is 18.5 Å². The van der Waals surface area contributed by atoms with E-state index in [9.17, 15) is 46.1 Å². The van der Waals surface area contributed by atoms with Gasteiger partial charge in [-0.2, -0.15) is 26.3 Å². The van der Waals surface area contributed by atoms with E-state index >= 15 is 0 Å². The molecule has 3 aromatic rings. The Bertz CT molecular complexity index is 1410. The molecular weight excluding hydrogens is 528 g/mol. The third-order valence-corrected chi connectivity index (χ3v) is 5.61. The molecule has 0 aliphatic carbocycles. The van der Waals surface area contributed by atoms with Gasteiger partial charge in [0, 0.05) is 35.8 Å². The highest BCUT2D eigenvalue weighted by atomic mass is 19.4. The summed E-state index contributed by atoms with van der Waals surface area (Å²) in [5, 5.41) is 29.8. The minimum atomic E-state index is -5.08. The van der Waals surface area contributed by atoms with Gasteiger partial charge in [0.1, 0.15) is 11.8 Å². The molecule has 5 N–H and O–H groups in total. The number of carbonyl (C=O) groups is 2. The molecule has 1 aromatic carbocycles. The first-order valence-corrected chi connectivity index (χ1v) is 10.8. The van der Waals surface area contributed by atoms with E-state index in [4.69, 9.17) is 9.90 Å². The summed E-state index contributed by atoms with van der Waals surface area (Å²) in [7, 11) is 1.74. The van der Waals surface area contributed by atoms with Crippen LogP contribution in [0.1, 0.15) is 35.5 Å². The van der Waals surface area contributed by atoms with Crippen LogP contribution in [0.5, 0.6) is 5.75 Å². The summed E-state index contributed by atoms with van der Waals surface area (Å²) in [6.45, 7) is 2.78. The van der Waals surface area contributed by atoms with Crippen LogP contribution in [0.4, 0.5) is 26.3 Å². The Morgan fingerprint density at radius 2 is 1.68 bits per heavy atom. The molecule has 0 bridgehead atoms. The molecule has 0 aliphatic rings. The number of rotatable bonds is 6. The lowest BCUT2D eigenvalue weighted by Gasteiger charge is -2.17. The second kappa shape index (κ2) is 11.2. The van der Waals surface area contributed by atoms with Gasteiger partial charge in [0.25, 0.3) is 5.56 Å². The molecule has 0 saturated carbocycles. The Morgan fingerprint density at radius 3 is 2.16 bits per heavy atom. The van der Waals surface area contributed by atoms with Crippen LogP contribution in [0.15, 0.2) is 29.1 Å². The molecule has 0 unspecified atom stereocenters. The zero-order valence-electron chi connectivity index (χ0n) is 20.1. The van der Waals surface area contributed by atoms with Gasteiger partial charge < -0.3 is 30.2 Å². The number of alkyl halides is 6. The fraction of sp³-hybridized carbons (Fsp3) is 0.348. The van der Waals surface area contributed by atoms with Crippen molar-refractivity contribution in [1.82, 2.24) is 14.9 Å². The number of fused-ring (bicyclic) bond motifs is 1. The monoisotopic (exact) mass is 551 g/mol. The number of nitrogens with one attached hydrogen (secondary N) is 2. The molecule has 2 aromatic heterocycles. The van der Waals surface area contributed by atoms with E-state index < -0.39 is 47.2 Å². The van der Waals surface area contributed by atoms with Gasteiger partial charge in [0.05, 0.1) is 5.69 Å². The topological polar surface area (TPSA) is 145 Å². The number of aromatic amines is 1. The molecule has 0 saturated heterocycles. The molecule has 2 heterocycles. The zero-order chi connectivity index (χ0) is 29.2. The number of aromatic nitrogens is 2. The van der Waals surface area contributed by atoms with Crippen molar-refractivity contribution in [2.45, 2.75) is 45.2 Å². The van der Waals surface area contributed by atoms with E-state index in [1.807, 2.05) is 0 Å². The third kappa shape index (κ3) is 6.65. The summed E-state index contributed by atoms with van der Waals surface area (Å²) in [6, 6.07) is 5.26. The van der Waals surface area contributed by atoms with Crippen molar-refractivity contribution >= 4 is 22.8 Å². The van der Waals surface area contributed by atoms with Crippen LogP contribution in [-0.4, -0.2) is 55.2 Å². The maximum atomic E-state index is 12.8. The summed E-state index contributed by atoms with van der Waals surface area (Å²) in [4.78, 5) is 34.9. The van der Waals surface area contributed by atoms with Crippen molar-refractivity contribution in [3.05, 3.63) is 51.4 Å². The van der Waals surface area contributed by atoms with Crippen LogP contribution in [-0.2, 0) is 24.8 Å². The first-order chi connectivity index (χ1) is 17.4. The van der Waals surface area contributed by atoms with Crippen molar-refractivity contribution in [3.8, 4) is 17.0 Å². The number of pyridine rings is 1. The number of H-pyrrole nitrogens is 1. The van der Waals surface area contributed by atoms with Crippen molar-refractivity contribution < 1.29 is 51.3 Å². The second-order valence-electron chi connectivity index (χ2n) is 8.11. The van der Waals surface area contributed by atoms with Crippen molar-refractivity contribution in [3.63, 3.8) is 0 Å².